The summed E-state index contributed by atoms with van der Waals surface area (Å²) in [6, 6.07) is 5.64. The summed E-state index contributed by atoms with van der Waals surface area (Å²) in [6.07, 6.45) is 0. The lowest BCUT2D eigenvalue weighted by Crippen LogP contribution is -2.07. The zero-order chi connectivity index (χ0) is 11.5. The van der Waals surface area contributed by atoms with E-state index in [1.807, 2.05) is 0 Å². The first kappa shape index (κ1) is 12.5. The van der Waals surface area contributed by atoms with Gasteiger partial charge in [-0.15, -0.1) is 0 Å². The molecule has 0 spiro atoms. The van der Waals surface area contributed by atoms with Crippen LogP contribution in [-0.4, -0.2) is 15.0 Å². The van der Waals surface area contributed by atoms with Crippen molar-refractivity contribution in [3.8, 4) is 0 Å². The van der Waals surface area contributed by atoms with Gasteiger partial charge in [0.2, 0.25) is 0 Å². The smallest absolute Gasteiger partial charge is 0.261 e. The van der Waals surface area contributed by atoms with Crippen molar-refractivity contribution in [1.29, 1.82) is 0 Å². The topological polar surface area (TPSA) is 43.4 Å². The second kappa shape index (κ2) is 4.99. The summed E-state index contributed by atoms with van der Waals surface area (Å²) >= 11 is 11.0. The van der Waals surface area contributed by atoms with Gasteiger partial charge in [0.1, 0.15) is 6.61 Å². The number of hydrogen-bond acceptors (Lipinski definition) is 3. The monoisotopic (exact) mass is 266 g/mol. The molecular formula is C9H8Cl2O3S. The summed E-state index contributed by atoms with van der Waals surface area (Å²) in [5, 5.41) is 0.572. The predicted molar refractivity (Wildman–Crippen MR) is 59.6 cm³/mol. The minimum absolute atomic E-state index is 0.0322. The summed E-state index contributed by atoms with van der Waals surface area (Å²) in [7, 11) is -3.78. The molecule has 1 rings (SSSR count). The molecular weight excluding hydrogens is 259 g/mol. The van der Waals surface area contributed by atoms with E-state index >= 15 is 0 Å². The van der Waals surface area contributed by atoms with Gasteiger partial charge in [-0.3, -0.25) is 4.18 Å². The molecule has 6 heteroatoms. The molecule has 0 amide bonds. The standard InChI is InChI=1S/C9H8Cl2O3S/c1-7(10)6-14-15(12,13)9-4-2-8(11)3-5-9/h2-5H,1,6H2. The van der Waals surface area contributed by atoms with Gasteiger partial charge in [0.25, 0.3) is 10.1 Å². The second-order valence-electron chi connectivity index (χ2n) is 2.69. The van der Waals surface area contributed by atoms with E-state index in [0.29, 0.717) is 5.02 Å². The van der Waals surface area contributed by atoms with Crippen molar-refractivity contribution in [2.24, 2.45) is 0 Å². The molecule has 0 bridgehead atoms. The Bertz CT molecular complexity index is 451. The van der Waals surface area contributed by atoms with Gasteiger partial charge in [0.05, 0.1) is 4.90 Å². The highest BCUT2D eigenvalue weighted by Gasteiger charge is 2.14. The summed E-state index contributed by atoms with van der Waals surface area (Å²) in [5.74, 6) is 0. The van der Waals surface area contributed by atoms with Gasteiger partial charge < -0.3 is 0 Å². The molecule has 0 heterocycles. The van der Waals surface area contributed by atoms with Crippen LogP contribution in [0.15, 0.2) is 40.8 Å². The zero-order valence-electron chi connectivity index (χ0n) is 7.61. The van der Waals surface area contributed by atoms with Gasteiger partial charge in [0.15, 0.2) is 0 Å². The van der Waals surface area contributed by atoms with Gasteiger partial charge in [-0.1, -0.05) is 29.8 Å². The van der Waals surface area contributed by atoms with E-state index in [1.165, 1.54) is 24.3 Å². The fourth-order valence-corrected chi connectivity index (χ4v) is 1.96. The Hall–Kier alpha value is -0.550. The van der Waals surface area contributed by atoms with Crippen LogP contribution in [-0.2, 0) is 14.3 Å². The van der Waals surface area contributed by atoms with E-state index in [-0.39, 0.29) is 16.5 Å². The predicted octanol–water partition coefficient (Wildman–Crippen LogP) is 2.80. The molecule has 0 fully saturated rings. The van der Waals surface area contributed by atoms with Gasteiger partial charge in [-0.05, 0) is 24.3 Å². The highest BCUT2D eigenvalue weighted by molar-refractivity contribution is 7.86. The molecule has 82 valence electrons. The third kappa shape index (κ3) is 3.83. The van der Waals surface area contributed by atoms with Crippen LogP contribution in [0.3, 0.4) is 0 Å². The fraction of sp³-hybridized carbons (Fsp3) is 0.111. The number of rotatable bonds is 4. The van der Waals surface area contributed by atoms with E-state index in [1.54, 1.807) is 0 Å². The van der Waals surface area contributed by atoms with Crippen molar-refractivity contribution in [3.63, 3.8) is 0 Å². The first-order valence-corrected chi connectivity index (χ1v) is 6.06. The molecule has 1 aromatic carbocycles. The zero-order valence-corrected chi connectivity index (χ0v) is 9.94. The molecule has 0 aliphatic rings. The average molecular weight is 267 g/mol. The van der Waals surface area contributed by atoms with Crippen LogP contribution in [0.2, 0.25) is 5.02 Å². The van der Waals surface area contributed by atoms with E-state index in [2.05, 4.69) is 10.8 Å². The van der Waals surface area contributed by atoms with Crippen molar-refractivity contribution >= 4 is 33.3 Å². The summed E-state index contributed by atoms with van der Waals surface area (Å²) in [4.78, 5) is 0.0322. The number of benzene rings is 1. The maximum Gasteiger partial charge on any atom is 0.297 e. The molecule has 3 nitrogen and oxygen atoms in total. The summed E-state index contributed by atoms with van der Waals surface area (Å²) in [5.41, 5.74) is 0. The van der Waals surface area contributed by atoms with Crippen LogP contribution < -0.4 is 0 Å². The molecule has 0 aromatic heterocycles. The number of hydrogen-bond donors (Lipinski definition) is 0. The molecule has 0 aliphatic carbocycles. The third-order valence-electron chi connectivity index (χ3n) is 1.47. The van der Waals surface area contributed by atoms with E-state index in [0.717, 1.165) is 0 Å². The molecule has 0 aliphatic heterocycles. The molecule has 0 saturated carbocycles. The maximum atomic E-state index is 11.5. The second-order valence-corrected chi connectivity index (χ2v) is 5.27. The van der Waals surface area contributed by atoms with Crippen molar-refractivity contribution < 1.29 is 12.6 Å². The first-order valence-electron chi connectivity index (χ1n) is 3.90. The van der Waals surface area contributed by atoms with Crippen molar-refractivity contribution in [1.82, 2.24) is 0 Å². The summed E-state index contributed by atoms with van der Waals surface area (Å²) < 4.78 is 27.6. The van der Waals surface area contributed by atoms with Crippen LogP contribution in [0.5, 0.6) is 0 Å². The van der Waals surface area contributed by atoms with Crippen molar-refractivity contribution in [2.45, 2.75) is 4.90 Å². The van der Waals surface area contributed by atoms with Crippen LogP contribution in [0.1, 0.15) is 0 Å². The Morgan fingerprint density at radius 3 is 2.33 bits per heavy atom. The molecule has 0 N–H and O–H groups in total. The Morgan fingerprint density at radius 1 is 1.33 bits per heavy atom. The van der Waals surface area contributed by atoms with E-state index < -0.39 is 10.1 Å². The van der Waals surface area contributed by atoms with Crippen LogP contribution in [0.25, 0.3) is 0 Å². The highest BCUT2D eigenvalue weighted by atomic mass is 35.5. The molecule has 0 atom stereocenters. The van der Waals surface area contributed by atoms with Crippen molar-refractivity contribution in [2.75, 3.05) is 6.61 Å². The van der Waals surface area contributed by atoms with Gasteiger partial charge in [-0.2, -0.15) is 8.42 Å². The lowest BCUT2D eigenvalue weighted by molar-refractivity contribution is 0.354. The largest absolute Gasteiger partial charge is 0.297 e. The van der Waals surface area contributed by atoms with Crippen molar-refractivity contribution in [3.05, 3.63) is 40.9 Å². The highest BCUT2D eigenvalue weighted by Crippen LogP contribution is 2.16. The normalized spacial score (nSPS) is 11.3. The lowest BCUT2D eigenvalue weighted by Gasteiger charge is -2.04. The van der Waals surface area contributed by atoms with Crippen LogP contribution in [0, 0.1) is 0 Å². The molecule has 15 heavy (non-hydrogen) atoms. The fourth-order valence-electron chi connectivity index (χ4n) is 0.811. The van der Waals surface area contributed by atoms with Gasteiger partial charge >= 0.3 is 0 Å². The minimum atomic E-state index is -3.78. The third-order valence-corrected chi connectivity index (χ3v) is 3.11. The average Bonchev–Trinajstić information content (AvgIpc) is 2.16. The summed E-state index contributed by atoms with van der Waals surface area (Å²) in [6.45, 7) is 3.08. The molecule has 0 unspecified atom stereocenters. The molecule has 0 saturated heterocycles. The molecule has 1 aromatic rings. The first-order chi connectivity index (χ1) is 6.92. The lowest BCUT2D eigenvalue weighted by atomic mass is 10.4. The Balaban J connectivity index is 2.87. The van der Waals surface area contributed by atoms with Gasteiger partial charge in [-0.25, -0.2) is 0 Å². The van der Waals surface area contributed by atoms with E-state index in [9.17, 15) is 8.42 Å². The number of halogens is 2. The Labute approximate surface area is 98.4 Å². The maximum absolute atomic E-state index is 11.5. The minimum Gasteiger partial charge on any atom is -0.261 e. The van der Waals surface area contributed by atoms with E-state index in [4.69, 9.17) is 23.2 Å². The quantitative estimate of drug-likeness (QED) is 0.788. The SMILES string of the molecule is C=C(Cl)COS(=O)(=O)c1ccc(Cl)cc1. The van der Waals surface area contributed by atoms with Crippen LogP contribution in [0.4, 0.5) is 0 Å². The Morgan fingerprint density at radius 2 is 1.87 bits per heavy atom. The van der Waals surface area contributed by atoms with Crippen LogP contribution >= 0.6 is 23.2 Å². The van der Waals surface area contributed by atoms with Gasteiger partial charge in [0, 0.05) is 10.1 Å². The Kier molecular flexibility index (Phi) is 4.16. The molecule has 0 radical (unpaired) electrons.